The van der Waals surface area contributed by atoms with Gasteiger partial charge in [-0.3, -0.25) is 9.69 Å². The minimum absolute atomic E-state index is 0.0745. The van der Waals surface area contributed by atoms with Gasteiger partial charge in [-0.05, 0) is 38.4 Å². The summed E-state index contributed by atoms with van der Waals surface area (Å²) in [5, 5.41) is 0. The summed E-state index contributed by atoms with van der Waals surface area (Å²) >= 11 is 0. The van der Waals surface area contributed by atoms with Crippen molar-refractivity contribution >= 4 is 0 Å². The van der Waals surface area contributed by atoms with E-state index in [4.69, 9.17) is 0 Å². The summed E-state index contributed by atoms with van der Waals surface area (Å²) in [5.41, 5.74) is 1.01. The Labute approximate surface area is 90.1 Å². The van der Waals surface area contributed by atoms with E-state index < -0.39 is 0 Å². The number of nitrogens with zero attached hydrogens (tertiary/aromatic N) is 1. The molecule has 3 heteroatoms. The van der Waals surface area contributed by atoms with E-state index in [9.17, 15) is 4.79 Å². The number of pyridine rings is 1. The topological polar surface area (TPSA) is 36.1 Å². The summed E-state index contributed by atoms with van der Waals surface area (Å²) in [6.45, 7) is 4.41. The van der Waals surface area contributed by atoms with Gasteiger partial charge >= 0.3 is 0 Å². The summed E-state index contributed by atoms with van der Waals surface area (Å²) in [5.74, 6) is 0. The van der Waals surface area contributed by atoms with Crippen molar-refractivity contribution in [1.82, 2.24) is 9.88 Å². The highest BCUT2D eigenvalue weighted by atomic mass is 16.1. The normalized spacial score (nSPS) is 22.1. The molecule has 1 aliphatic rings. The van der Waals surface area contributed by atoms with Crippen LogP contribution in [0.15, 0.2) is 23.1 Å². The Morgan fingerprint density at radius 2 is 2.47 bits per heavy atom. The van der Waals surface area contributed by atoms with Gasteiger partial charge in [-0.25, -0.2) is 0 Å². The average Bonchev–Trinajstić information content (AvgIpc) is 2.67. The highest BCUT2D eigenvalue weighted by Gasteiger charge is 2.26. The SMILES string of the molecule is CCCN1CCC[C@H]1c1ccc[nH]c1=O. The van der Waals surface area contributed by atoms with Crippen molar-refractivity contribution in [2.24, 2.45) is 0 Å². The Bertz CT molecular complexity index is 372. The predicted octanol–water partition coefficient (Wildman–Crippen LogP) is 1.92. The molecule has 82 valence electrons. The number of nitrogens with one attached hydrogen (secondary N) is 1. The lowest BCUT2D eigenvalue weighted by molar-refractivity contribution is 0.256. The van der Waals surface area contributed by atoms with Gasteiger partial charge in [-0.2, -0.15) is 0 Å². The van der Waals surface area contributed by atoms with E-state index >= 15 is 0 Å². The van der Waals surface area contributed by atoms with Crippen LogP contribution in [0.5, 0.6) is 0 Å². The second kappa shape index (κ2) is 4.62. The van der Waals surface area contributed by atoms with Crippen LogP contribution >= 0.6 is 0 Å². The first kappa shape index (κ1) is 10.4. The third-order valence-electron chi connectivity index (χ3n) is 3.08. The number of likely N-dealkylation sites (tertiary alicyclic amines) is 1. The maximum absolute atomic E-state index is 11.7. The first-order valence-electron chi connectivity index (χ1n) is 5.74. The van der Waals surface area contributed by atoms with Gasteiger partial charge in [-0.1, -0.05) is 13.0 Å². The Kier molecular flexibility index (Phi) is 3.21. The van der Waals surface area contributed by atoms with Gasteiger partial charge < -0.3 is 4.98 Å². The minimum atomic E-state index is 0.0745. The molecule has 0 amide bonds. The minimum Gasteiger partial charge on any atom is -0.329 e. The summed E-state index contributed by atoms with van der Waals surface area (Å²) in [7, 11) is 0. The van der Waals surface area contributed by atoms with Crippen LogP contribution in [-0.4, -0.2) is 23.0 Å². The van der Waals surface area contributed by atoms with Crippen LogP contribution in [0.2, 0.25) is 0 Å². The Hall–Kier alpha value is -1.09. The lowest BCUT2D eigenvalue weighted by atomic mass is 10.1. The fourth-order valence-electron chi connectivity index (χ4n) is 2.43. The summed E-state index contributed by atoms with van der Waals surface area (Å²) in [6, 6.07) is 4.21. The molecule has 0 aliphatic carbocycles. The fourth-order valence-corrected chi connectivity index (χ4v) is 2.43. The van der Waals surface area contributed by atoms with Gasteiger partial charge in [0.15, 0.2) is 0 Å². The number of aromatic nitrogens is 1. The van der Waals surface area contributed by atoms with Crippen molar-refractivity contribution in [3.63, 3.8) is 0 Å². The fraction of sp³-hybridized carbons (Fsp3) is 0.583. The number of hydrogen-bond donors (Lipinski definition) is 1. The molecule has 1 fully saturated rings. The van der Waals surface area contributed by atoms with Gasteiger partial charge in [0.1, 0.15) is 0 Å². The summed E-state index contributed by atoms with van der Waals surface area (Å²) < 4.78 is 0. The van der Waals surface area contributed by atoms with Crippen molar-refractivity contribution in [1.29, 1.82) is 0 Å². The van der Waals surface area contributed by atoms with Crippen LogP contribution in [-0.2, 0) is 0 Å². The van der Waals surface area contributed by atoms with Crippen LogP contribution in [0, 0.1) is 0 Å². The van der Waals surface area contributed by atoms with Crippen molar-refractivity contribution in [2.75, 3.05) is 13.1 Å². The van der Waals surface area contributed by atoms with Crippen molar-refractivity contribution < 1.29 is 0 Å². The Balaban J connectivity index is 2.23. The van der Waals surface area contributed by atoms with Crippen LogP contribution in [0.3, 0.4) is 0 Å². The van der Waals surface area contributed by atoms with E-state index in [1.165, 1.54) is 6.42 Å². The molecule has 0 bridgehead atoms. The lowest BCUT2D eigenvalue weighted by Crippen LogP contribution is -2.28. The lowest BCUT2D eigenvalue weighted by Gasteiger charge is -2.23. The molecular weight excluding hydrogens is 188 g/mol. The molecule has 2 heterocycles. The molecular formula is C12H18N2O. The molecule has 0 saturated carbocycles. The Morgan fingerprint density at radius 1 is 1.60 bits per heavy atom. The van der Waals surface area contributed by atoms with E-state index in [1.54, 1.807) is 6.20 Å². The first-order chi connectivity index (χ1) is 7.33. The molecule has 1 aromatic rings. The van der Waals surface area contributed by atoms with Gasteiger partial charge in [0.05, 0.1) is 0 Å². The largest absolute Gasteiger partial charge is 0.329 e. The van der Waals surface area contributed by atoms with Crippen molar-refractivity contribution in [2.45, 2.75) is 32.2 Å². The molecule has 1 aromatic heterocycles. The maximum atomic E-state index is 11.7. The first-order valence-corrected chi connectivity index (χ1v) is 5.74. The van der Waals surface area contributed by atoms with E-state index in [0.717, 1.165) is 31.5 Å². The van der Waals surface area contributed by atoms with Crippen molar-refractivity contribution in [3.05, 3.63) is 34.2 Å². The molecule has 0 aromatic carbocycles. The average molecular weight is 206 g/mol. The van der Waals surface area contributed by atoms with Gasteiger partial charge in [0, 0.05) is 17.8 Å². The highest BCUT2D eigenvalue weighted by molar-refractivity contribution is 5.15. The molecule has 1 saturated heterocycles. The molecule has 3 nitrogen and oxygen atoms in total. The number of rotatable bonds is 3. The van der Waals surface area contributed by atoms with E-state index in [2.05, 4.69) is 16.8 Å². The van der Waals surface area contributed by atoms with Gasteiger partial charge in [0.25, 0.3) is 5.56 Å². The molecule has 0 unspecified atom stereocenters. The monoisotopic (exact) mass is 206 g/mol. The van der Waals surface area contributed by atoms with Crippen LogP contribution < -0.4 is 5.56 Å². The van der Waals surface area contributed by atoms with E-state index in [-0.39, 0.29) is 5.56 Å². The maximum Gasteiger partial charge on any atom is 0.252 e. The van der Waals surface area contributed by atoms with Gasteiger partial charge in [0.2, 0.25) is 0 Å². The smallest absolute Gasteiger partial charge is 0.252 e. The quantitative estimate of drug-likeness (QED) is 0.820. The predicted molar refractivity (Wildman–Crippen MR) is 60.9 cm³/mol. The third-order valence-corrected chi connectivity index (χ3v) is 3.08. The summed E-state index contributed by atoms with van der Waals surface area (Å²) in [6.07, 6.45) is 5.18. The molecule has 1 aliphatic heterocycles. The van der Waals surface area contributed by atoms with E-state index in [0.29, 0.717) is 6.04 Å². The molecule has 1 N–H and O–H groups in total. The molecule has 0 spiro atoms. The summed E-state index contributed by atoms with van der Waals surface area (Å²) in [4.78, 5) is 16.9. The highest BCUT2D eigenvalue weighted by Crippen LogP contribution is 2.29. The van der Waals surface area contributed by atoms with Crippen LogP contribution in [0.1, 0.15) is 37.8 Å². The number of H-pyrrole nitrogens is 1. The molecule has 15 heavy (non-hydrogen) atoms. The number of aromatic amines is 1. The molecule has 0 radical (unpaired) electrons. The number of hydrogen-bond acceptors (Lipinski definition) is 2. The zero-order valence-electron chi connectivity index (χ0n) is 9.20. The molecule has 2 rings (SSSR count). The van der Waals surface area contributed by atoms with E-state index in [1.807, 2.05) is 12.1 Å². The zero-order chi connectivity index (χ0) is 10.7. The standard InChI is InChI=1S/C12H18N2O/c1-2-8-14-9-4-6-11(14)10-5-3-7-13-12(10)15/h3,5,7,11H,2,4,6,8-9H2,1H3,(H,13,15)/t11-/m0/s1. The van der Waals surface area contributed by atoms with Crippen LogP contribution in [0.25, 0.3) is 0 Å². The second-order valence-electron chi connectivity index (χ2n) is 4.15. The Morgan fingerprint density at radius 3 is 3.20 bits per heavy atom. The zero-order valence-corrected chi connectivity index (χ0v) is 9.20. The van der Waals surface area contributed by atoms with Crippen LogP contribution in [0.4, 0.5) is 0 Å². The van der Waals surface area contributed by atoms with Gasteiger partial charge in [-0.15, -0.1) is 0 Å². The van der Waals surface area contributed by atoms with Crippen molar-refractivity contribution in [3.8, 4) is 0 Å². The third kappa shape index (κ3) is 2.12. The molecule has 1 atom stereocenters. The second-order valence-corrected chi connectivity index (χ2v) is 4.15.